The molecule has 0 aliphatic rings. The van der Waals surface area contributed by atoms with E-state index in [1.807, 2.05) is 42.5 Å². The Morgan fingerprint density at radius 1 is 1.16 bits per heavy atom. The number of furan rings is 1. The Morgan fingerprint density at radius 2 is 1.88 bits per heavy atom. The van der Waals surface area contributed by atoms with E-state index in [0.717, 1.165) is 20.0 Å². The number of carbonyl (C=O) groups is 1. The molecule has 0 aliphatic heterocycles. The highest BCUT2D eigenvalue weighted by molar-refractivity contribution is 9.10. The number of nitrogens with zero attached hydrogens (tertiary/aromatic N) is 2. The lowest BCUT2D eigenvalue weighted by Gasteiger charge is -2.15. The van der Waals surface area contributed by atoms with Crippen molar-refractivity contribution in [2.24, 2.45) is 0 Å². The maximum atomic E-state index is 13.5. The molecule has 6 nitrogen and oxygen atoms in total. The van der Waals surface area contributed by atoms with Crippen LogP contribution in [0.3, 0.4) is 0 Å². The number of hydrogen-bond acceptors (Lipinski definition) is 5. The van der Waals surface area contributed by atoms with Crippen LogP contribution in [0.2, 0.25) is 0 Å². The third-order valence-corrected chi connectivity index (χ3v) is 6.09. The van der Waals surface area contributed by atoms with Crippen LogP contribution in [-0.2, 0) is 13.0 Å². The van der Waals surface area contributed by atoms with Crippen molar-refractivity contribution in [1.29, 1.82) is 5.26 Å². The lowest BCUT2D eigenvalue weighted by atomic mass is 9.98. The molecule has 0 fully saturated rings. The Labute approximate surface area is 192 Å². The highest BCUT2D eigenvalue weighted by Gasteiger charge is 2.28. The Balaban J connectivity index is 1.85. The maximum absolute atomic E-state index is 13.5. The molecule has 7 heteroatoms. The molecule has 160 valence electrons. The number of fused-ring (bicyclic) bond motifs is 1. The maximum Gasteiger partial charge on any atom is 0.271 e. The molecular formula is C25H19BrN2O4. The van der Waals surface area contributed by atoms with Crippen LogP contribution >= 0.6 is 15.9 Å². The van der Waals surface area contributed by atoms with Gasteiger partial charge in [-0.3, -0.25) is 14.2 Å². The fourth-order valence-corrected chi connectivity index (χ4v) is 4.20. The summed E-state index contributed by atoms with van der Waals surface area (Å²) in [6.45, 7) is 3.37. The summed E-state index contributed by atoms with van der Waals surface area (Å²) in [5.74, 6) is -0.975. The van der Waals surface area contributed by atoms with E-state index in [2.05, 4.69) is 15.9 Å². The van der Waals surface area contributed by atoms with Crippen LogP contribution in [0.15, 0.2) is 62.2 Å². The molecular weight excluding hydrogens is 472 g/mol. The Hall–Kier alpha value is -3.63. The van der Waals surface area contributed by atoms with Gasteiger partial charge in [0, 0.05) is 22.0 Å². The Morgan fingerprint density at radius 3 is 2.56 bits per heavy atom. The second-order valence-electron chi connectivity index (χ2n) is 7.53. The summed E-state index contributed by atoms with van der Waals surface area (Å²) in [5.41, 5.74) is 1.35. The molecule has 2 aromatic heterocycles. The number of aryl methyl sites for hydroxylation is 2. The number of pyridine rings is 1. The molecule has 0 unspecified atom stereocenters. The number of nitriles is 1. The van der Waals surface area contributed by atoms with E-state index in [1.165, 1.54) is 6.92 Å². The molecule has 0 aliphatic carbocycles. The summed E-state index contributed by atoms with van der Waals surface area (Å²) >= 11 is 3.41. The molecule has 0 spiro atoms. The zero-order chi connectivity index (χ0) is 23.0. The van der Waals surface area contributed by atoms with Crippen LogP contribution < -0.4 is 5.56 Å². The standard InChI is InChI=1S/C25H19BrN2O4/c1-14-19(13-27)24(30)28(11-10-16-6-4-3-5-7-16)25(31)21(14)22(29)23-15(2)18-12-17(26)8-9-20(18)32-23/h3-9,12,31H,10-11H2,1-2H3. The minimum Gasteiger partial charge on any atom is -0.494 e. The number of halogens is 1. The SMILES string of the molecule is Cc1c(C(=O)c2oc3ccc(Br)cc3c2C)c(O)n(CCc2ccccc2)c(=O)c1C#N. The van der Waals surface area contributed by atoms with E-state index in [9.17, 15) is 20.0 Å². The van der Waals surface area contributed by atoms with Gasteiger partial charge in [-0.15, -0.1) is 0 Å². The fourth-order valence-electron chi connectivity index (χ4n) is 3.84. The van der Waals surface area contributed by atoms with Crippen molar-refractivity contribution in [3.8, 4) is 11.9 Å². The number of aromatic hydroxyl groups is 1. The highest BCUT2D eigenvalue weighted by atomic mass is 79.9. The summed E-state index contributed by atoms with van der Waals surface area (Å²) in [6, 6.07) is 16.8. The van der Waals surface area contributed by atoms with E-state index < -0.39 is 17.2 Å². The van der Waals surface area contributed by atoms with Gasteiger partial charge in [0.05, 0.1) is 5.56 Å². The number of hydrogen-bond donors (Lipinski definition) is 1. The molecule has 1 N–H and O–H groups in total. The van der Waals surface area contributed by atoms with Crippen molar-refractivity contribution in [3.63, 3.8) is 0 Å². The molecule has 0 atom stereocenters. The van der Waals surface area contributed by atoms with Gasteiger partial charge in [-0.1, -0.05) is 46.3 Å². The molecule has 0 radical (unpaired) electrons. The van der Waals surface area contributed by atoms with Crippen LogP contribution in [0.25, 0.3) is 11.0 Å². The summed E-state index contributed by atoms with van der Waals surface area (Å²) in [4.78, 5) is 26.3. The number of ketones is 1. The van der Waals surface area contributed by atoms with Gasteiger partial charge < -0.3 is 9.52 Å². The first-order valence-electron chi connectivity index (χ1n) is 9.97. The quantitative estimate of drug-likeness (QED) is 0.396. The first-order valence-corrected chi connectivity index (χ1v) is 10.8. The first-order chi connectivity index (χ1) is 15.3. The van der Waals surface area contributed by atoms with Crippen molar-refractivity contribution in [2.45, 2.75) is 26.8 Å². The van der Waals surface area contributed by atoms with E-state index in [4.69, 9.17) is 4.42 Å². The highest BCUT2D eigenvalue weighted by Crippen LogP contribution is 2.32. The van der Waals surface area contributed by atoms with Crippen molar-refractivity contribution in [1.82, 2.24) is 4.57 Å². The van der Waals surface area contributed by atoms with Gasteiger partial charge in [0.15, 0.2) is 5.76 Å². The van der Waals surface area contributed by atoms with E-state index >= 15 is 0 Å². The van der Waals surface area contributed by atoms with Crippen LogP contribution in [0.1, 0.15) is 38.4 Å². The molecule has 4 aromatic rings. The topological polar surface area (TPSA) is 96.2 Å². The molecule has 0 amide bonds. The predicted octanol–water partition coefficient (Wildman–Crippen LogP) is 5.02. The molecule has 32 heavy (non-hydrogen) atoms. The van der Waals surface area contributed by atoms with Crippen molar-refractivity contribution in [2.75, 3.05) is 0 Å². The minimum absolute atomic E-state index is 0.0636. The summed E-state index contributed by atoms with van der Waals surface area (Å²) < 4.78 is 7.73. The molecule has 2 heterocycles. The average Bonchev–Trinajstić information content (AvgIpc) is 3.10. The molecule has 4 rings (SSSR count). The summed E-state index contributed by atoms with van der Waals surface area (Å²) in [5, 5.41) is 21.3. The normalized spacial score (nSPS) is 10.9. The van der Waals surface area contributed by atoms with Crippen molar-refractivity contribution < 1.29 is 14.3 Å². The predicted molar refractivity (Wildman–Crippen MR) is 124 cm³/mol. The largest absolute Gasteiger partial charge is 0.494 e. The second kappa shape index (κ2) is 8.48. The number of benzene rings is 2. The number of rotatable bonds is 5. The zero-order valence-corrected chi connectivity index (χ0v) is 19.1. The number of carbonyl (C=O) groups excluding carboxylic acids is 1. The number of aromatic nitrogens is 1. The molecule has 0 saturated carbocycles. The van der Waals surface area contributed by atoms with Gasteiger partial charge in [0.1, 0.15) is 17.2 Å². The van der Waals surface area contributed by atoms with Crippen molar-refractivity contribution in [3.05, 3.63) is 96.9 Å². The van der Waals surface area contributed by atoms with Crippen LogP contribution in [-0.4, -0.2) is 15.5 Å². The van der Waals surface area contributed by atoms with E-state index in [1.54, 1.807) is 19.1 Å². The van der Waals surface area contributed by atoms with Crippen LogP contribution in [0.5, 0.6) is 5.88 Å². The first kappa shape index (κ1) is 21.6. The van der Waals surface area contributed by atoms with Gasteiger partial charge in [0.25, 0.3) is 5.56 Å². The van der Waals surface area contributed by atoms with Gasteiger partial charge in [-0.05, 0) is 49.6 Å². The third-order valence-electron chi connectivity index (χ3n) is 5.60. The van der Waals surface area contributed by atoms with Crippen LogP contribution in [0.4, 0.5) is 0 Å². The smallest absolute Gasteiger partial charge is 0.271 e. The second-order valence-corrected chi connectivity index (χ2v) is 8.44. The van der Waals surface area contributed by atoms with E-state index in [-0.39, 0.29) is 29.0 Å². The zero-order valence-electron chi connectivity index (χ0n) is 17.5. The Kier molecular flexibility index (Phi) is 5.72. The van der Waals surface area contributed by atoms with E-state index in [0.29, 0.717) is 17.6 Å². The summed E-state index contributed by atoms with van der Waals surface area (Å²) in [6.07, 6.45) is 0.452. The van der Waals surface area contributed by atoms with Gasteiger partial charge in [-0.25, -0.2) is 0 Å². The van der Waals surface area contributed by atoms with Gasteiger partial charge >= 0.3 is 0 Å². The molecule has 0 bridgehead atoms. The monoisotopic (exact) mass is 490 g/mol. The van der Waals surface area contributed by atoms with Gasteiger partial charge in [0.2, 0.25) is 11.7 Å². The third kappa shape index (κ3) is 3.63. The lowest BCUT2D eigenvalue weighted by Crippen LogP contribution is -2.27. The fraction of sp³-hybridized carbons (Fsp3) is 0.160. The Bertz CT molecular complexity index is 1460. The lowest BCUT2D eigenvalue weighted by molar-refractivity contribution is 0.101. The molecule has 0 saturated heterocycles. The summed E-state index contributed by atoms with van der Waals surface area (Å²) in [7, 11) is 0. The van der Waals surface area contributed by atoms with Crippen LogP contribution in [0, 0.1) is 25.2 Å². The van der Waals surface area contributed by atoms with Gasteiger partial charge in [-0.2, -0.15) is 5.26 Å². The minimum atomic E-state index is -0.625. The molecule has 2 aromatic carbocycles. The van der Waals surface area contributed by atoms with Crippen molar-refractivity contribution >= 4 is 32.7 Å². The average molecular weight is 491 g/mol.